The molecule has 8 heteroatoms. The van der Waals surface area contributed by atoms with Crippen LogP contribution < -0.4 is 4.90 Å². The van der Waals surface area contributed by atoms with Crippen LogP contribution in [0.25, 0.3) is 0 Å². The molecule has 1 saturated heterocycles. The Bertz CT molecular complexity index is 1350. The number of halogens is 3. The van der Waals surface area contributed by atoms with Crippen molar-refractivity contribution in [2.75, 3.05) is 31.2 Å². The summed E-state index contributed by atoms with van der Waals surface area (Å²) < 4.78 is 44.4. The van der Waals surface area contributed by atoms with Crippen molar-refractivity contribution in [2.45, 2.75) is 76.9 Å². The van der Waals surface area contributed by atoms with Crippen LogP contribution in [0.3, 0.4) is 0 Å². The summed E-state index contributed by atoms with van der Waals surface area (Å²) in [6.07, 6.45) is 2.15. The van der Waals surface area contributed by atoms with E-state index in [1.54, 1.807) is 6.92 Å². The number of benzene rings is 1. The highest BCUT2D eigenvalue weighted by Crippen LogP contribution is 2.66. The van der Waals surface area contributed by atoms with E-state index in [1.165, 1.54) is 28.3 Å². The van der Waals surface area contributed by atoms with Crippen molar-refractivity contribution in [3.05, 3.63) is 57.5 Å². The van der Waals surface area contributed by atoms with E-state index in [9.17, 15) is 22.9 Å². The highest BCUT2D eigenvalue weighted by molar-refractivity contribution is 5.79. The predicted molar refractivity (Wildman–Crippen MR) is 156 cm³/mol. The smallest absolute Gasteiger partial charge is 0.378 e. The molecule has 0 spiro atoms. The average molecular weight is 581 g/mol. The first-order chi connectivity index (χ1) is 20.1. The van der Waals surface area contributed by atoms with Crippen LogP contribution in [0.5, 0.6) is 0 Å². The normalized spacial score (nSPS) is 34.4. The maximum atomic E-state index is 13.0. The SMILES string of the molecule is CC(=O)[C@H]1CC[C@H]2[C@@H]3CC(CC#CC(F)(F)F)C4=CC(N=O)CCC4=C3[C@@H](c3ccc(N4CCOCC4)cc3)C[C@]12C. The predicted octanol–water partition coefficient (Wildman–Crippen LogP) is 7.38. The number of hydrogen-bond acceptors (Lipinski definition) is 5. The molecule has 3 fully saturated rings. The number of rotatable bonds is 5. The van der Waals surface area contributed by atoms with Gasteiger partial charge in [0.15, 0.2) is 0 Å². The Kier molecular flexibility index (Phi) is 7.84. The lowest BCUT2D eigenvalue weighted by Crippen LogP contribution is -2.45. The highest BCUT2D eigenvalue weighted by Gasteiger charge is 2.58. The van der Waals surface area contributed by atoms with Gasteiger partial charge in [0.1, 0.15) is 11.8 Å². The van der Waals surface area contributed by atoms with Crippen LogP contribution in [0.2, 0.25) is 0 Å². The van der Waals surface area contributed by atoms with E-state index in [-0.39, 0.29) is 41.3 Å². The Morgan fingerprint density at radius 3 is 2.55 bits per heavy atom. The summed E-state index contributed by atoms with van der Waals surface area (Å²) in [5.74, 6) is 4.49. The summed E-state index contributed by atoms with van der Waals surface area (Å²) in [4.78, 5) is 26.8. The number of nitrogens with zero attached hydrogens (tertiary/aromatic N) is 2. The number of hydrogen-bond donors (Lipinski definition) is 0. The van der Waals surface area contributed by atoms with Gasteiger partial charge in [0, 0.05) is 43.0 Å². The summed E-state index contributed by atoms with van der Waals surface area (Å²) in [6.45, 7) is 7.15. The summed E-state index contributed by atoms with van der Waals surface area (Å²) in [5, 5.41) is 3.31. The fourth-order valence-electron chi connectivity index (χ4n) is 9.18. The standard InChI is InChI=1S/C34H39F3N2O3/c1-21(40)30-11-12-31-28-18-23(4-3-13-34(35,36)37)27-19-24(38-41)7-10-26(27)32(28)29(20-33(30,31)2)22-5-8-25(9-6-22)39-14-16-42-17-15-39/h5-6,8-9,19,23-24,28-31H,4,7,10-12,14-18,20H2,1-2H3/t23?,24?,28-,29+,30+,31-,33+/m0/s1. The zero-order valence-electron chi connectivity index (χ0n) is 24.4. The second-order valence-electron chi connectivity index (χ2n) is 13.1. The van der Waals surface area contributed by atoms with E-state index < -0.39 is 12.2 Å². The van der Waals surface area contributed by atoms with Crippen molar-refractivity contribution >= 4 is 11.5 Å². The number of carbonyl (C=O) groups is 1. The van der Waals surface area contributed by atoms with Gasteiger partial charge in [0.05, 0.1) is 13.2 Å². The average Bonchev–Trinajstić information content (AvgIpc) is 3.33. The summed E-state index contributed by atoms with van der Waals surface area (Å²) in [5.41, 5.74) is 5.78. The van der Waals surface area contributed by atoms with E-state index >= 15 is 0 Å². The second kappa shape index (κ2) is 11.3. The number of anilines is 1. The van der Waals surface area contributed by atoms with Crippen molar-refractivity contribution in [1.29, 1.82) is 0 Å². The van der Waals surface area contributed by atoms with Gasteiger partial charge in [-0.1, -0.05) is 41.8 Å². The van der Waals surface area contributed by atoms with Crippen LogP contribution in [0.15, 0.2) is 52.2 Å². The Morgan fingerprint density at radius 1 is 1.14 bits per heavy atom. The van der Waals surface area contributed by atoms with Gasteiger partial charge in [-0.3, -0.25) is 4.79 Å². The van der Waals surface area contributed by atoms with Gasteiger partial charge in [-0.25, -0.2) is 0 Å². The minimum Gasteiger partial charge on any atom is -0.378 e. The van der Waals surface area contributed by atoms with Crippen LogP contribution in [-0.2, 0) is 9.53 Å². The monoisotopic (exact) mass is 580 g/mol. The maximum absolute atomic E-state index is 13.0. The molecule has 4 aliphatic carbocycles. The Morgan fingerprint density at radius 2 is 1.88 bits per heavy atom. The number of nitroso groups, excluding NO2 is 1. The molecule has 1 aromatic rings. The molecule has 1 aliphatic heterocycles. The quantitative estimate of drug-likeness (QED) is 0.270. The lowest BCUT2D eigenvalue weighted by molar-refractivity contribution is -0.125. The van der Waals surface area contributed by atoms with Gasteiger partial charge in [0.25, 0.3) is 0 Å². The van der Waals surface area contributed by atoms with Gasteiger partial charge in [-0.2, -0.15) is 18.1 Å². The highest BCUT2D eigenvalue weighted by atomic mass is 19.4. The fourth-order valence-corrected chi connectivity index (χ4v) is 9.18. The molecule has 224 valence electrons. The van der Waals surface area contributed by atoms with Crippen LogP contribution >= 0.6 is 0 Å². The maximum Gasteiger partial charge on any atom is 0.457 e. The molecule has 5 aliphatic rings. The van der Waals surface area contributed by atoms with Crippen molar-refractivity contribution in [2.24, 2.45) is 34.3 Å². The van der Waals surface area contributed by atoms with E-state index in [0.29, 0.717) is 25.2 Å². The molecule has 0 aromatic heterocycles. The minimum absolute atomic E-state index is 0.0143. The number of Topliss-reactive ketones (excluding diaryl/α,β-unsaturated/α-hetero) is 1. The molecule has 0 N–H and O–H groups in total. The number of allylic oxidation sites excluding steroid dienone is 3. The number of ketones is 1. The Labute approximate surface area is 245 Å². The third-order valence-electron chi connectivity index (χ3n) is 10.9. The van der Waals surface area contributed by atoms with Crippen molar-refractivity contribution < 1.29 is 22.7 Å². The lowest BCUT2D eigenvalue weighted by atomic mass is 9.50. The third kappa shape index (κ3) is 5.34. The van der Waals surface area contributed by atoms with E-state index in [4.69, 9.17) is 4.74 Å². The second-order valence-corrected chi connectivity index (χ2v) is 13.1. The van der Waals surface area contributed by atoms with E-state index in [0.717, 1.165) is 51.1 Å². The van der Waals surface area contributed by atoms with Gasteiger partial charge < -0.3 is 9.64 Å². The van der Waals surface area contributed by atoms with Crippen LogP contribution in [0, 0.1) is 45.8 Å². The van der Waals surface area contributed by atoms with Gasteiger partial charge >= 0.3 is 6.18 Å². The van der Waals surface area contributed by atoms with Crippen molar-refractivity contribution in [3.63, 3.8) is 0 Å². The fraction of sp³-hybridized carbons (Fsp3) is 0.618. The first kappa shape index (κ1) is 29.2. The van der Waals surface area contributed by atoms with Crippen LogP contribution in [-0.4, -0.2) is 44.3 Å². The molecular formula is C34H39F3N2O3. The molecule has 42 heavy (non-hydrogen) atoms. The van der Waals surface area contributed by atoms with Gasteiger partial charge in [-0.15, -0.1) is 0 Å². The van der Waals surface area contributed by atoms with Gasteiger partial charge in [0.2, 0.25) is 0 Å². The molecule has 0 bridgehead atoms. The molecule has 2 saturated carbocycles. The Hall–Kier alpha value is -2.92. The molecule has 2 unspecified atom stereocenters. The first-order valence-electron chi connectivity index (χ1n) is 15.4. The molecule has 1 aromatic carbocycles. The molecule has 0 amide bonds. The van der Waals surface area contributed by atoms with Crippen LogP contribution in [0.4, 0.5) is 18.9 Å². The minimum atomic E-state index is -4.53. The number of ether oxygens (including phenoxy) is 1. The van der Waals surface area contributed by atoms with Gasteiger partial charge in [-0.05, 0) is 97.5 Å². The van der Waals surface area contributed by atoms with Crippen LogP contribution in [0.1, 0.15) is 70.3 Å². The molecule has 0 radical (unpaired) electrons. The first-order valence-corrected chi connectivity index (χ1v) is 15.4. The van der Waals surface area contributed by atoms with E-state index in [1.807, 2.05) is 6.08 Å². The number of alkyl halides is 3. The molecular weight excluding hydrogens is 541 g/mol. The third-order valence-corrected chi connectivity index (χ3v) is 10.9. The summed E-state index contributed by atoms with van der Waals surface area (Å²) in [7, 11) is 0. The largest absolute Gasteiger partial charge is 0.457 e. The zero-order chi connectivity index (χ0) is 29.6. The van der Waals surface area contributed by atoms with Crippen molar-refractivity contribution in [1.82, 2.24) is 0 Å². The lowest BCUT2D eigenvalue weighted by Gasteiger charge is -2.54. The summed E-state index contributed by atoms with van der Waals surface area (Å²) >= 11 is 0. The topological polar surface area (TPSA) is 59.0 Å². The number of fused-ring (bicyclic) bond motifs is 4. The molecule has 1 heterocycles. The number of morpholine rings is 1. The van der Waals surface area contributed by atoms with Crippen molar-refractivity contribution in [3.8, 4) is 11.8 Å². The number of carbonyl (C=O) groups excluding carboxylic acids is 1. The zero-order valence-corrected chi connectivity index (χ0v) is 24.4. The molecule has 6 rings (SSSR count). The summed E-state index contributed by atoms with van der Waals surface area (Å²) in [6, 6.07) is 8.37. The molecule has 7 atom stereocenters. The molecule has 5 nitrogen and oxygen atoms in total. The van der Waals surface area contributed by atoms with E-state index in [2.05, 4.69) is 47.2 Å². The Balaban J connectivity index is 1.44.